The molecule has 0 saturated heterocycles. The first-order valence-electron chi connectivity index (χ1n) is 4.31. The van der Waals surface area contributed by atoms with Gasteiger partial charge in [-0.1, -0.05) is 0 Å². The van der Waals surface area contributed by atoms with Crippen LogP contribution in [0.1, 0.15) is 5.56 Å². The van der Waals surface area contributed by atoms with Crippen LogP contribution >= 0.6 is 0 Å². The summed E-state index contributed by atoms with van der Waals surface area (Å²) in [4.78, 5) is 20.5. The Morgan fingerprint density at radius 2 is 2.40 bits per heavy atom. The van der Waals surface area contributed by atoms with Crippen molar-refractivity contribution in [1.82, 2.24) is 0 Å². The third-order valence-corrected chi connectivity index (χ3v) is 2.14. The number of hydrogen-bond acceptors (Lipinski definition) is 5. The number of carbonyl (C=O) groups is 1. The van der Waals surface area contributed by atoms with Crippen LogP contribution in [-0.2, 0) is 16.1 Å². The SMILES string of the molecule is O=CC1Nc2cc([N+](=O)[O-])ccc2CO1. The number of rotatable bonds is 2. The fourth-order valence-electron chi connectivity index (χ4n) is 1.39. The number of nitro benzene ring substituents is 1. The Morgan fingerprint density at radius 1 is 1.60 bits per heavy atom. The number of nitrogens with one attached hydrogen (secondary N) is 1. The van der Waals surface area contributed by atoms with Gasteiger partial charge in [0.05, 0.1) is 11.5 Å². The second-order valence-electron chi connectivity index (χ2n) is 3.11. The molecule has 0 bridgehead atoms. The van der Waals surface area contributed by atoms with Gasteiger partial charge in [0, 0.05) is 23.4 Å². The van der Waals surface area contributed by atoms with Crippen LogP contribution in [0.5, 0.6) is 0 Å². The monoisotopic (exact) mass is 208 g/mol. The summed E-state index contributed by atoms with van der Waals surface area (Å²) < 4.78 is 5.10. The lowest BCUT2D eigenvalue weighted by Gasteiger charge is -2.23. The molecule has 0 aromatic heterocycles. The average Bonchev–Trinajstić information content (AvgIpc) is 2.27. The average molecular weight is 208 g/mol. The molecule has 1 heterocycles. The van der Waals surface area contributed by atoms with Crippen molar-refractivity contribution in [3.63, 3.8) is 0 Å². The minimum Gasteiger partial charge on any atom is -0.354 e. The van der Waals surface area contributed by atoms with Gasteiger partial charge in [0.25, 0.3) is 5.69 Å². The van der Waals surface area contributed by atoms with Crippen molar-refractivity contribution in [2.75, 3.05) is 5.32 Å². The third kappa shape index (κ3) is 1.79. The Labute approximate surface area is 85.0 Å². The van der Waals surface area contributed by atoms with Gasteiger partial charge in [-0.05, 0) is 6.07 Å². The van der Waals surface area contributed by atoms with E-state index in [1.54, 1.807) is 6.07 Å². The smallest absolute Gasteiger partial charge is 0.271 e. The Kier molecular flexibility index (Phi) is 2.34. The fourth-order valence-corrected chi connectivity index (χ4v) is 1.39. The second kappa shape index (κ2) is 3.66. The minimum atomic E-state index is -0.723. The highest BCUT2D eigenvalue weighted by atomic mass is 16.6. The Balaban J connectivity index is 2.34. The number of ether oxygens (including phenoxy) is 1. The number of hydrogen-bond donors (Lipinski definition) is 1. The van der Waals surface area contributed by atoms with Gasteiger partial charge in [-0.15, -0.1) is 0 Å². The summed E-state index contributed by atoms with van der Waals surface area (Å²) in [5.74, 6) is 0. The van der Waals surface area contributed by atoms with Gasteiger partial charge in [-0.2, -0.15) is 0 Å². The molecule has 0 aliphatic carbocycles. The number of anilines is 1. The first-order valence-corrected chi connectivity index (χ1v) is 4.31. The van der Waals surface area contributed by atoms with E-state index in [9.17, 15) is 14.9 Å². The zero-order valence-electron chi connectivity index (χ0n) is 7.67. The zero-order valence-corrected chi connectivity index (χ0v) is 7.67. The molecule has 2 rings (SSSR count). The number of fused-ring (bicyclic) bond motifs is 1. The molecular weight excluding hydrogens is 200 g/mol. The number of nitrogens with zero attached hydrogens (tertiary/aromatic N) is 1. The topological polar surface area (TPSA) is 81.5 Å². The van der Waals surface area contributed by atoms with Crippen LogP contribution in [0.3, 0.4) is 0 Å². The van der Waals surface area contributed by atoms with E-state index in [2.05, 4.69) is 5.32 Å². The molecule has 6 heteroatoms. The molecular formula is C9H8N2O4. The van der Waals surface area contributed by atoms with Gasteiger partial charge in [0.15, 0.2) is 12.5 Å². The van der Waals surface area contributed by atoms with Crippen molar-refractivity contribution in [1.29, 1.82) is 0 Å². The molecule has 0 amide bonds. The summed E-state index contributed by atoms with van der Waals surface area (Å²) in [5.41, 5.74) is 1.37. The molecule has 1 aromatic carbocycles. The molecule has 1 N–H and O–H groups in total. The summed E-state index contributed by atoms with van der Waals surface area (Å²) in [5, 5.41) is 13.3. The van der Waals surface area contributed by atoms with Gasteiger partial charge in [0.1, 0.15) is 0 Å². The van der Waals surface area contributed by atoms with Crippen LogP contribution in [0.2, 0.25) is 0 Å². The third-order valence-electron chi connectivity index (χ3n) is 2.14. The Hall–Kier alpha value is -1.95. The summed E-state index contributed by atoms with van der Waals surface area (Å²) in [7, 11) is 0. The van der Waals surface area contributed by atoms with Crippen LogP contribution in [0, 0.1) is 10.1 Å². The molecule has 6 nitrogen and oxygen atoms in total. The lowest BCUT2D eigenvalue weighted by atomic mass is 10.1. The van der Waals surface area contributed by atoms with E-state index in [1.807, 2.05) is 0 Å². The summed E-state index contributed by atoms with van der Waals surface area (Å²) in [6.45, 7) is 0.281. The molecule has 0 saturated carbocycles. The van der Waals surface area contributed by atoms with Crippen LogP contribution in [-0.4, -0.2) is 17.4 Å². The van der Waals surface area contributed by atoms with Crippen molar-refractivity contribution in [3.8, 4) is 0 Å². The van der Waals surface area contributed by atoms with E-state index in [4.69, 9.17) is 4.74 Å². The highest BCUT2D eigenvalue weighted by Gasteiger charge is 2.19. The van der Waals surface area contributed by atoms with E-state index in [0.29, 0.717) is 12.0 Å². The predicted octanol–water partition coefficient (Wildman–Crippen LogP) is 1.06. The molecule has 15 heavy (non-hydrogen) atoms. The van der Waals surface area contributed by atoms with Crippen molar-refractivity contribution in [2.45, 2.75) is 12.8 Å². The number of non-ortho nitro benzene ring substituents is 1. The lowest BCUT2D eigenvalue weighted by molar-refractivity contribution is -0.384. The molecule has 1 aliphatic rings. The molecule has 0 fully saturated rings. The maximum absolute atomic E-state index is 10.5. The van der Waals surface area contributed by atoms with Crippen LogP contribution < -0.4 is 5.32 Å². The standard InChI is InChI=1S/C9H8N2O4/c12-4-9-10-8-3-7(11(13)14)2-1-6(8)5-15-9/h1-4,9-10H,5H2. The van der Waals surface area contributed by atoms with Gasteiger partial charge in [0.2, 0.25) is 0 Å². The lowest BCUT2D eigenvalue weighted by Crippen LogP contribution is -2.29. The fraction of sp³-hybridized carbons (Fsp3) is 0.222. The maximum Gasteiger partial charge on any atom is 0.271 e. The van der Waals surface area contributed by atoms with E-state index in [-0.39, 0.29) is 12.3 Å². The van der Waals surface area contributed by atoms with Crippen LogP contribution in [0.15, 0.2) is 18.2 Å². The van der Waals surface area contributed by atoms with E-state index >= 15 is 0 Å². The normalized spacial score (nSPS) is 18.8. The van der Waals surface area contributed by atoms with E-state index < -0.39 is 11.2 Å². The highest BCUT2D eigenvalue weighted by molar-refractivity contribution is 5.67. The Morgan fingerprint density at radius 3 is 3.07 bits per heavy atom. The summed E-state index contributed by atoms with van der Waals surface area (Å²) in [6.07, 6.45) is -0.110. The maximum atomic E-state index is 10.5. The van der Waals surface area contributed by atoms with E-state index in [1.165, 1.54) is 12.1 Å². The van der Waals surface area contributed by atoms with E-state index in [0.717, 1.165) is 5.56 Å². The van der Waals surface area contributed by atoms with Gasteiger partial charge in [-0.3, -0.25) is 14.9 Å². The minimum absolute atomic E-state index is 0.00667. The second-order valence-corrected chi connectivity index (χ2v) is 3.11. The predicted molar refractivity (Wildman–Crippen MR) is 51.4 cm³/mol. The molecule has 0 spiro atoms. The zero-order chi connectivity index (χ0) is 10.8. The Bertz CT molecular complexity index is 419. The molecule has 0 radical (unpaired) electrons. The van der Waals surface area contributed by atoms with Crippen molar-refractivity contribution in [3.05, 3.63) is 33.9 Å². The quantitative estimate of drug-likeness (QED) is 0.446. The van der Waals surface area contributed by atoms with Crippen molar-refractivity contribution >= 4 is 17.7 Å². The molecule has 1 atom stereocenters. The van der Waals surface area contributed by atoms with Crippen LogP contribution in [0.4, 0.5) is 11.4 Å². The van der Waals surface area contributed by atoms with Gasteiger partial charge < -0.3 is 10.1 Å². The molecule has 1 unspecified atom stereocenters. The van der Waals surface area contributed by atoms with Gasteiger partial charge >= 0.3 is 0 Å². The molecule has 1 aliphatic heterocycles. The number of benzene rings is 1. The number of aldehydes is 1. The number of nitro groups is 1. The summed E-state index contributed by atoms with van der Waals surface area (Å²) in [6, 6.07) is 4.42. The number of carbonyl (C=O) groups excluding carboxylic acids is 1. The first kappa shape index (κ1) is 9.60. The van der Waals surface area contributed by atoms with Gasteiger partial charge in [-0.25, -0.2) is 0 Å². The van der Waals surface area contributed by atoms with Crippen molar-refractivity contribution < 1.29 is 14.5 Å². The van der Waals surface area contributed by atoms with Crippen LogP contribution in [0.25, 0.3) is 0 Å². The first-order chi connectivity index (χ1) is 7.20. The molecule has 1 aromatic rings. The highest BCUT2D eigenvalue weighted by Crippen LogP contribution is 2.26. The molecule has 78 valence electrons. The largest absolute Gasteiger partial charge is 0.354 e. The summed E-state index contributed by atoms with van der Waals surface area (Å²) >= 11 is 0. The van der Waals surface area contributed by atoms with Crippen molar-refractivity contribution in [2.24, 2.45) is 0 Å².